The van der Waals surface area contributed by atoms with Gasteiger partial charge in [0.25, 0.3) is 0 Å². The fourth-order valence-electron chi connectivity index (χ4n) is 1.81. The van der Waals surface area contributed by atoms with Gasteiger partial charge in [0, 0.05) is 12.3 Å². The highest BCUT2D eigenvalue weighted by Gasteiger charge is 2.19. The number of carboxylic acid groups (broad SMARTS) is 1. The molecule has 0 unspecified atom stereocenters. The maximum atomic E-state index is 11.3. The number of pyridine rings is 2. The lowest BCUT2D eigenvalue weighted by Gasteiger charge is -2.11. The molecule has 0 spiro atoms. The van der Waals surface area contributed by atoms with Crippen molar-refractivity contribution in [2.45, 2.75) is 11.8 Å². The number of aromatic carboxylic acids is 1. The number of carboxylic acids is 1. The van der Waals surface area contributed by atoms with Crippen molar-refractivity contribution in [3.63, 3.8) is 0 Å². The van der Waals surface area contributed by atoms with Crippen LogP contribution >= 0.6 is 11.8 Å². The number of carbonyl (C=O) groups is 1. The Hall–Kier alpha value is -2.08. The first kappa shape index (κ1) is 14.3. The number of aryl methyl sites for hydroxylation is 1. The van der Waals surface area contributed by atoms with Crippen molar-refractivity contribution in [1.82, 2.24) is 9.97 Å². The molecular weight excluding hydrogens is 276 g/mol. The topological polar surface area (TPSA) is 72.3 Å². The van der Waals surface area contributed by atoms with E-state index in [4.69, 9.17) is 4.74 Å². The zero-order valence-corrected chi connectivity index (χ0v) is 12.2. The molecule has 0 radical (unpaired) electrons. The van der Waals surface area contributed by atoms with E-state index in [0.29, 0.717) is 22.0 Å². The lowest BCUT2D eigenvalue weighted by molar-refractivity contribution is 0.0685. The van der Waals surface area contributed by atoms with E-state index in [0.717, 1.165) is 5.56 Å². The van der Waals surface area contributed by atoms with E-state index in [1.54, 1.807) is 18.5 Å². The SMILES string of the molecule is COc1cc(-c2cc(C)ccn2)nc(C(=O)O)c1SC. The van der Waals surface area contributed by atoms with Crippen molar-refractivity contribution in [1.29, 1.82) is 0 Å². The molecule has 1 N–H and O–H groups in total. The normalized spacial score (nSPS) is 10.3. The summed E-state index contributed by atoms with van der Waals surface area (Å²) in [5.41, 5.74) is 2.12. The molecule has 0 aliphatic rings. The van der Waals surface area contributed by atoms with Crippen LogP contribution in [0.5, 0.6) is 5.75 Å². The standard InChI is InChI=1S/C14H14N2O3S/c1-8-4-5-15-9(6-8)10-7-11(19-2)13(20-3)12(16-10)14(17)18/h4-7H,1-3H3,(H,17,18). The molecule has 2 heterocycles. The van der Waals surface area contributed by atoms with Crippen LogP contribution < -0.4 is 4.74 Å². The predicted octanol–water partition coefficient (Wildman–Crippen LogP) is 2.88. The lowest BCUT2D eigenvalue weighted by atomic mass is 10.2. The minimum absolute atomic E-state index is 0.0184. The van der Waals surface area contributed by atoms with Crippen molar-refractivity contribution in [2.24, 2.45) is 0 Å². The third-order valence-electron chi connectivity index (χ3n) is 2.74. The van der Waals surface area contributed by atoms with Crippen LogP contribution in [0, 0.1) is 6.92 Å². The summed E-state index contributed by atoms with van der Waals surface area (Å²) in [5, 5.41) is 9.29. The number of aromatic nitrogens is 2. The van der Waals surface area contributed by atoms with E-state index in [9.17, 15) is 9.90 Å². The van der Waals surface area contributed by atoms with Gasteiger partial charge in [0.2, 0.25) is 0 Å². The molecule has 2 rings (SSSR count). The Kier molecular flexibility index (Phi) is 4.24. The average molecular weight is 290 g/mol. The lowest BCUT2D eigenvalue weighted by Crippen LogP contribution is -2.06. The first-order valence-corrected chi connectivity index (χ1v) is 7.08. The number of thioether (sulfide) groups is 1. The molecule has 0 atom stereocenters. The van der Waals surface area contributed by atoms with Gasteiger partial charge in [-0.2, -0.15) is 0 Å². The van der Waals surface area contributed by atoms with Crippen molar-refractivity contribution < 1.29 is 14.6 Å². The summed E-state index contributed by atoms with van der Waals surface area (Å²) >= 11 is 1.29. The van der Waals surface area contributed by atoms with Gasteiger partial charge >= 0.3 is 5.97 Å². The molecule has 6 heteroatoms. The first-order chi connectivity index (χ1) is 9.56. The van der Waals surface area contributed by atoms with E-state index in [-0.39, 0.29) is 5.69 Å². The van der Waals surface area contributed by atoms with Gasteiger partial charge in [0.05, 0.1) is 23.4 Å². The molecule has 0 bridgehead atoms. The Morgan fingerprint density at radius 2 is 2.10 bits per heavy atom. The van der Waals surface area contributed by atoms with Crippen molar-refractivity contribution in [3.05, 3.63) is 35.7 Å². The number of hydrogen-bond donors (Lipinski definition) is 1. The highest BCUT2D eigenvalue weighted by atomic mass is 32.2. The Morgan fingerprint density at radius 1 is 1.35 bits per heavy atom. The fourth-order valence-corrected chi connectivity index (χ4v) is 2.48. The van der Waals surface area contributed by atoms with Gasteiger partial charge in [0.15, 0.2) is 5.69 Å². The largest absolute Gasteiger partial charge is 0.495 e. The third kappa shape index (κ3) is 2.75. The van der Waals surface area contributed by atoms with Crippen LogP contribution in [0.4, 0.5) is 0 Å². The number of rotatable bonds is 4. The molecule has 0 aromatic carbocycles. The monoisotopic (exact) mass is 290 g/mol. The molecule has 2 aromatic heterocycles. The highest BCUT2D eigenvalue weighted by Crippen LogP contribution is 2.33. The summed E-state index contributed by atoms with van der Waals surface area (Å²) in [4.78, 5) is 20.3. The second-order valence-corrected chi connectivity index (χ2v) is 4.93. The quantitative estimate of drug-likeness (QED) is 0.873. The minimum Gasteiger partial charge on any atom is -0.495 e. The Bertz CT molecular complexity index is 659. The summed E-state index contributed by atoms with van der Waals surface area (Å²) in [6, 6.07) is 5.43. The van der Waals surface area contributed by atoms with Crippen LogP contribution in [0.3, 0.4) is 0 Å². The molecular formula is C14H14N2O3S. The van der Waals surface area contributed by atoms with Gasteiger partial charge in [0.1, 0.15) is 5.75 Å². The van der Waals surface area contributed by atoms with Gasteiger partial charge in [-0.15, -0.1) is 11.8 Å². The van der Waals surface area contributed by atoms with Gasteiger partial charge in [-0.25, -0.2) is 9.78 Å². The van der Waals surface area contributed by atoms with Crippen LogP contribution in [0.15, 0.2) is 29.3 Å². The van der Waals surface area contributed by atoms with E-state index in [1.807, 2.05) is 19.1 Å². The minimum atomic E-state index is -1.08. The Labute approximate surface area is 121 Å². The van der Waals surface area contributed by atoms with Crippen molar-refractivity contribution in [2.75, 3.05) is 13.4 Å². The van der Waals surface area contributed by atoms with Crippen LogP contribution in [0.1, 0.15) is 16.1 Å². The molecule has 0 aliphatic carbocycles. The molecule has 20 heavy (non-hydrogen) atoms. The Balaban J connectivity index is 2.66. The molecule has 0 amide bonds. The van der Waals surface area contributed by atoms with E-state index < -0.39 is 5.97 Å². The van der Waals surface area contributed by atoms with E-state index >= 15 is 0 Å². The van der Waals surface area contributed by atoms with Crippen molar-refractivity contribution >= 4 is 17.7 Å². The van der Waals surface area contributed by atoms with Gasteiger partial charge in [-0.1, -0.05) is 0 Å². The summed E-state index contributed by atoms with van der Waals surface area (Å²) < 4.78 is 5.27. The summed E-state index contributed by atoms with van der Waals surface area (Å²) in [5.74, 6) is -0.592. The van der Waals surface area contributed by atoms with E-state index in [1.165, 1.54) is 18.9 Å². The summed E-state index contributed by atoms with van der Waals surface area (Å²) in [6.45, 7) is 1.94. The summed E-state index contributed by atoms with van der Waals surface area (Å²) in [7, 11) is 1.51. The predicted molar refractivity (Wildman–Crippen MR) is 77.5 cm³/mol. The second kappa shape index (κ2) is 5.92. The van der Waals surface area contributed by atoms with Crippen LogP contribution in [0.25, 0.3) is 11.4 Å². The molecule has 104 valence electrons. The fraction of sp³-hybridized carbons (Fsp3) is 0.214. The zero-order valence-electron chi connectivity index (χ0n) is 11.4. The van der Waals surface area contributed by atoms with Crippen LogP contribution in [-0.2, 0) is 0 Å². The van der Waals surface area contributed by atoms with E-state index in [2.05, 4.69) is 9.97 Å². The zero-order chi connectivity index (χ0) is 14.7. The number of nitrogens with zero attached hydrogens (tertiary/aromatic N) is 2. The molecule has 0 saturated carbocycles. The van der Waals surface area contributed by atoms with Gasteiger partial charge in [-0.05, 0) is 30.9 Å². The van der Waals surface area contributed by atoms with Crippen molar-refractivity contribution in [3.8, 4) is 17.1 Å². The maximum Gasteiger partial charge on any atom is 0.355 e. The second-order valence-electron chi connectivity index (χ2n) is 4.12. The van der Waals surface area contributed by atoms with Gasteiger partial charge in [-0.3, -0.25) is 4.98 Å². The number of hydrogen-bond acceptors (Lipinski definition) is 5. The maximum absolute atomic E-state index is 11.3. The third-order valence-corrected chi connectivity index (χ3v) is 3.55. The number of methoxy groups -OCH3 is 1. The van der Waals surface area contributed by atoms with Gasteiger partial charge < -0.3 is 9.84 Å². The molecule has 5 nitrogen and oxygen atoms in total. The summed E-state index contributed by atoms with van der Waals surface area (Å²) in [6.07, 6.45) is 3.46. The van der Waals surface area contributed by atoms with Crippen LogP contribution in [-0.4, -0.2) is 34.4 Å². The molecule has 0 aliphatic heterocycles. The molecule has 0 saturated heterocycles. The first-order valence-electron chi connectivity index (χ1n) is 5.86. The van der Waals surface area contributed by atoms with Crippen LogP contribution in [0.2, 0.25) is 0 Å². The molecule has 2 aromatic rings. The smallest absolute Gasteiger partial charge is 0.355 e. The highest BCUT2D eigenvalue weighted by molar-refractivity contribution is 7.98. The number of ether oxygens (including phenoxy) is 1. The molecule has 0 fully saturated rings. The Morgan fingerprint density at radius 3 is 2.65 bits per heavy atom. The average Bonchev–Trinajstić information content (AvgIpc) is 2.45.